The Morgan fingerprint density at radius 1 is 2.00 bits per heavy atom. The van der Waals surface area contributed by atoms with Gasteiger partial charge in [-0.15, -0.1) is 6.42 Å². The molecule has 0 aromatic carbocycles. The van der Waals surface area contributed by atoms with E-state index in [9.17, 15) is 0 Å². The third-order valence-corrected chi connectivity index (χ3v) is 0.473. The van der Waals surface area contributed by atoms with E-state index in [1.807, 2.05) is 0 Å². The summed E-state index contributed by atoms with van der Waals surface area (Å²) in [6.07, 6.45) is 4.78. The van der Waals surface area contributed by atoms with Gasteiger partial charge >= 0.3 is 0 Å². The summed E-state index contributed by atoms with van der Waals surface area (Å²) in [5.41, 5.74) is 2.32. The maximum Gasteiger partial charge on any atom is 0.0921 e. The molecule has 1 nitrogen and oxygen atoms in total. The van der Waals surface area contributed by atoms with Crippen molar-refractivity contribution < 1.29 is 0 Å². The van der Waals surface area contributed by atoms with E-state index in [0.717, 1.165) is 8.37 Å². The van der Waals surface area contributed by atoms with Crippen LogP contribution >= 0.6 is 8.37 Å². The van der Waals surface area contributed by atoms with Crippen molar-refractivity contribution >= 4 is 8.37 Å². The van der Waals surface area contributed by atoms with Gasteiger partial charge in [0.25, 0.3) is 0 Å². The molecule has 0 bridgehead atoms. The number of terminal acetylenes is 1. The maximum absolute atomic E-state index is 4.78. The number of hydrogen-bond donors (Lipinski definition) is 0. The molecule has 0 heterocycles. The van der Waals surface area contributed by atoms with Gasteiger partial charge in [0, 0.05) is 7.05 Å². The molecule has 0 saturated heterocycles. The largest absolute Gasteiger partial charge is 0.259 e. The van der Waals surface area contributed by atoms with Crippen LogP contribution in [-0.2, 0) is 0 Å². The number of hydrogen-bond acceptors (Lipinski definition) is 1. The van der Waals surface area contributed by atoms with Gasteiger partial charge in [0.1, 0.15) is 0 Å². The molecule has 26 valence electrons. The maximum atomic E-state index is 4.78. The fraction of sp³-hybridized carbons (Fsp3) is 0.333. The molecular weight excluding hydrogens is 81.0 g/mol. The first-order valence-corrected chi connectivity index (χ1v) is 2.01. The normalized spacial score (nSPS) is 8.00. The van der Waals surface area contributed by atoms with E-state index in [4.69, 9.17) is 6.42 Å². The first kappa shape index (κ1) is 4.66. The Kier molecular flexibility index (Phi) is 3.41. The molecule has 0 fully saturated rings. The molecule has 0 amide bonds. The van der Waals surface area contributed by atoms with Crippen LogP contribution in [0.15, 0.2) is 4.74 Å². The summed E-state index contributed by atoms with van der Waals surface area (Å²) in [5.74, 6) is 0. The number of nitrogens with zero attached hydrogens (tertiary/aromatic N) is 1. The molecule has 0 radical (unpaired) electrons. The zero-order valence-corrected chi connectivity index (χ0v) is 3.87. The summed E-state index contributed by atoms with van der Waals surface area (Å²) >= 11 is 0. The summed E-state index contributed by atoms with van der Waals surface area (Å²) in [5, 5.41) is 0. The monoisotopic (exact) mass is 85.0 g/mol. The summed E-state index contributed by atoms with van der Waals surface area (Å²) < 4.78 is 3.59. The molecule has 0 spiro atoms. The van der Waals surface area contributed by atoms with Crippen LogP contribution in [0.25, 0.3) is 0 Å². The lowest BCUT2D eigenvalue weighted by atomic mass is 11.4. The van der Waals surface area contributed by atoms with E-state index in [1.165, 1.54) is 0 Å². The first-order chi connectivity index (χ1) is 2.41. The minimum absolute atomic E-state index is 0.733. The third kappa shape index (κ3) is 3.66. The molecular formula is C3H4NP. The van der Waals surface area contributed by atoms with Gasteiger partial charge in [-0.3, -0.25) is 4.74 Å². The minimum Gasteiger partial charge on any atom is -0.259 e. The molecule has 0 aromatic rings. The van der Waals surface area contributed by atoms with Crippen molar-refractivity contribution in [3.05, 3.63) is 0 Å². The van der Waals surface area contributed by atoms with E-state index in [0.29, 0.717) is 0 Å². The van der Waals surface area contributed by atoms with Crippen molar-refractivity contribution in [3.8, 4) is 12.1 Å². The fourth-order valence-electron chi connectivity index (χ4n) is 0.0577. The van der Waals surface area contributed by atoms with Crippen molar-refractivity contribution in [3.63, 3.8) is 0 Å². The molecule has 0 unspecified atom stereocenters. The van der Waals surface area contributed by atoms with Crippen molar-refractivity contribution in [2.45, 2.75) is 0 Å². The van der Waals surface area contributed by atoms with Crippen LogP contribution < -0.4 is 0 Å². The van der Waals surface area contributed by atoms with Crippen LogP contribution in [0.4, 0.5) is 0 Å². The van der Waals surface area contributed by atoms with Crippen molar-refractivity contribution in [2.24, 2.45) is 4.74 Å². The van der Waals surface area contributed by atoms with E-state index < -0.39 is 0 Å². The van der Waals surface area contributed by atoms with Gasteiger partial charge in [0.2, 0.25) is 0 Å². The Labute approximate surface area is 33.3 Å². The molecule has 2 heteroatoms. The molecule has 0 aliphatic rings. The van der Waals surface area contributed by atoms with Crippen molar-refractivity contribution in [2.75, 3.05) is 7.05 Å². The van der Waals surface area contributed by atoms with E-state index in [-0.39, 0.29) is 0 Å². The van der Waals surface area contributed by atoms with Gasteiger partial charge in [0.15, 0.2) is 0 Å². The average Bonchev–Trinajstić information content (AvgIpc) is 1.41. The summed E-state index contributed by atoms with van der Waals surface area (Å²) in [6.45, 7) is 0. The zero-order chi connectivity index (χ0) is 4.12. The SMILES string of the molecule is C#CP=NC. The Hall–Kier alpha value is -0.340. The van der Waals surface area contributed by atoms with Gasteiger partial charge in [-0.2, -0.15) is 0 Å². The molecule has 0 saturated carbocycles. The van der Waals surface area contributed by atoms with Crippen molar-refractivity contribution in [1.82, 2.24) is 0 Å². The fourth-order valence-corrected chi connectivity index (χ4v) is 0.173. The minimum atomic E-state index is 0.733. The smallest absolute Gasteiger partial charge is 0.0921 e. The molecule has 0 rings (SSSR count). The van der Waals surface area contributed by atoms with Crippen LogP contribution in [0.1, 0.15) is 0 Å². The van der Waals surface area contributed by atoms with Crippen LogP contribution in [0.2, 0.25) is 0 Å². The lowest BCUT2D eigenvalue weighted by Crippen LogP contribution is -1.24. The second kappa shape index (κ2) is 3.66. The van der Waals surface area contributed by atoms with E-state index >= 15 is 0 Å². The predicted molar refractivity (Wildman–Crippen MR) is 24.1 cm³/mol. The average molecular weight is 85.0 g/mol. The Morgan fingerprint density at radius 2 is 2.60 bits per heavy atom. The summed E-state index contributed by atoms with van der Waals surface area (Å²) in [4.78, 5) is 0. The van der Waals surface area contributed by atoms with Gasteiger partial charge < -0.3 is 0 Å². The second-order valence-electron chi connectivity index (χ2n) is 0.429. The molecule has 0 aliphatic heterocycles. The molecule has 0 atom stereocenters. The van der Waals surface area contributed by atoms with E-state index in [2.05, 4.69) is 10.4 Å². The third-order valence-electron chi connectivity index (χ3n) is 0.158. The van der Waals surface area contributed by atoms with Crippen LogP contribution in [0.5, 0.6) is 0 Å². The summed E-state index contributed by atoms with van der Waals surface area (Å²) in [6, 6.07) is 0. The Bertz CT molecular complexity index is 69.5. The topological polar surface area (TPSA) is 12.4 Å². The molecule has 0 N–H and O–H groups in total. The van der Waals surface area contributed by atoms with Gasteiger partial charge in [0.05, 0.1) is 8.37 Å². The molecule has 0 aromatic heterocycles. The Balaban J connectivity index is 3.04. The highest BCUT2D eigenvalue weighted by molar-refractivity contribution is 7.33. The number of rotatable bonds is 0. The van der Waals surface area contributed by atoms with Gasteiger partial charge in [-0.05, 0) is 5.66 Å². The zero-order valence-electron chi connectivity index (χ0n) is 2.97. The van der Waals surface area contributed by atoms with Crippen LogP contribution in [-0.4, -0.2) is 7.05 Å². The Morgan fingerprint density at radius 3 is 2.60 bits per heavy atom. The lowest BCUT2D eigenvalue weighted by Gasteiger charge is -1.52. The lowest BCUT2D eigenvalue weighted by molar-refractivity contribution is 1.52. The molecule has 0 aliphatic carbocycles. The highest BCUT2D eigenvalue weighted by Gasteiger charge is 1.42. The first-order valence-electron chi connectivity index (χ1n) is 1.16. The van der Waals surface area contributed by atoms with Crippen LogP contribution in [0, 0.1) is 12.1 Å². The predicted octanol–water partition coefficient (Wildman–Crippen LogP) is 1.34. The summed E-state index contributed by atoms with van der Waals surface area (Å²) in [7, 11) is 2.41. The highest BCUT2D eigenvalue weighted by atomic mass is 31.1. The van der Waals surface area contributed by atoms with Crippen molar-refractivity contribution in [1.29, 1.82) is 0 Å². The van der Waals surface area contributed by atoms with Gasteiger partial charge in [-0.1, -0.05) is 0 Å². The standard InChI is InChI=1S/C3H4NP/c1-3-5-4-2/h1H,2H3. The molecule has 5 heavy (non-hydrogen) atoms. The second-order valence-corrected chi connectivity index (χ2v) is 1.29. The quantitative estimate of drug-likeness (QED) is 0.311. The van der Waals surface area contributed by atoms with Crippen LogP contribution in [0.3, 0.4) is 0 Å². The highest BCUT2D eigenvalue weighted by Crippen LogP contribution is 1.87. The van der Waals surface area contributed by atoms with Gasteiger partial charge in [-0.25, -0.2) is 0 Å². The van der Waals surface area contributed by atoms with E-state index in [1.54, 1.807) is 7.05 Å².